The molecular formula is C12H17BrN2O. The summed E-state index contributed by atoms with van der Waals surface area (Å²) >= 11 is 3.48. The fourth-order valence-electron chi connectivity index (χ4n) is 2.15. The number of carbonyl (C=O) groups excluding carboxylic acids is 1. The molecule has 0 bridgehead atoms. The quantitative estimate of drug-likeness (QED) is 0.794. The van der Waals surface area contributed by atoms with Crippen LogP contribution in [0.15, 0.2) is 22.2 Å². The molecule has 0 radical (unpaired) electrons. The molecule has 1 amide bonds. The number of amides is 1. The van der Waals surface area contributed by atoms with Gasteiger partial charge in [0.15, 0.2) is 0 Å². The third-order valence-electron chi connectivity index (χ3n) is 3.13. The molecule has 3 nitrogen and oxygen atoms in total. The highest BCUT2D eigenvalue weighted by molar-refractivity contribution is 9.11. The number of carbonyl (C=O) groups is 1. The maximum Gasteiger partial charge on any atom is 0.250 e. The van der Waals surface area contributed by atoms with Crippen LogP contribution in [0, 0.1) is 5.92 Å². The lowest BCUT2D eigenvalue weighted by Crippen LogP contribution is -2.47. The van der Waals surface area contributed by atoms with Gasteiger partial charge in [0.05, 0.1) is 0 Å². The minimum Gasteiger partial charge on any atom is -0.336 e. The van der Waals surface area contributed by atoms with Crippen molar-refractivity contribution in [3.8, 4) is 0 Å². The Morgan fingerprint density at radius 2 is 2.12 bits per heavy atom. The highest BCUT2D eigenvalue weighted by Crippen LogP contribution is 2.29. The van der Waals surface area contributed by atoms with Gasteiger partial charge in [0.2, 0.25) is 5.91 Å². The predicted octanol–water partition coefficient (Wildman–Crippen LogP) is 1.66. The van der Waals surface area contributed by atoms with Gasteiger partial charge in [0.25, 0.3) is 0 Å². The van der Waals surface area contributed by atoms with Crippen molar-refractivity contribution < 1.29 is 4.79 Å². The van der Waals surface area contributed by atoms with Crippen molar-refractivity contribution in [2.45, 2.75) is 13.3 Å². The van der Waals surface area contributed by atoms with Gasteiger partial charge in [-0.15, -0.1) is 0 Å². The van der Waals surface area contributed by atoms with E-state index in [-0.39, 0.29) is 5.91 Å². The van der Waals surface area contributed by atoms with E-state index in [1.807, 2.05) is 17.1 Å². The smallest absolute Gasteiger partial charge is 0.250 e. The first-order valence-electron chi connectivity index (χ1n) is 5.74. The number of nitrogens with one attached hydrogen (secondary N) is 1. The first-order chi connectivity index (χ1) is 7.68. The summed E-state index contributed by atoms with van der Waals surface area (Å²) < 4.78 is 1.18. The Hall–Kier alpha value is -0.610. The number of hydrogen-bond acceptors (Lipinski definition) is 2. The fraction of sp³-hybridized carbons (Fsp3) is 0.583. The maximum absolute atomic E-state index is 12.3. The van der Waals surface area contributed by atoms with Crippen LogP contribution in [0.2, 0.25) is 0 Å². The lowest BCUT2D eigenvalue weighted by molar-refractivity contribution is -0.128. The average Bonchev–Trinajstić information content (AvgIpc) is 2.29. The van der Waals surface area contributed by atoms with E-state index in [1.54, 1.807) is 0 Å². The minimum atomic E-state index is 0.213. The first kappa shape index (κ1) is 11.9. The molecular weight excluding hydrogens is 268 g/mol. The predicted molar refractivity (Wildman–Crippen MR) is 68.3 cm³/mol. The molecule has 1 N–H and O–H groups in total. The van der Waals surface area contributed by atoms with Gasteiger partial charge in [-0.1, -0.05) is 35.0 Å². The second-order valence-corrected chi connectivity index (χ2v) is 5.40. The molecule has 0 aromatic heterocycles. The molecule has 1 atom stereocenters. The zero-order chi connectivity index (χ0) is 11.5. The molecule has 1 saturated heterocycles. The van der Waals surface area contributed by atoms with Crippen molar-refractivity contribution in [1.29, 1.82) is 0 Å². The van der Waals surface area contributed by atoms with Crippen LogP contribution in [-0.4, -0.2) is 37.0 Å². The molecule has 1 fully saturated rings. The second kappa shape index (κ2) is 5.15. The van der Waals surface area contributed by atoms with Gasteiger partial charge in [0.1, 0.15) is 0 Å². The standard InChI is InChI=1S/C12H17BrN2O/c1-9-8-10(13)2-3-11(9)12(16)15-6-4-14-5-7-15/h2-3,9,14H,4-8H2,1H3. The Morgan fingerprint density at radius 1 is 1.44 bits per heavy atom. The zero-order valence-electron chi connectivity index (χ0n) is 9.50. The van der Waals surface area contributed by atoms with E-state index < -0.39 is 0 Å². The Balaban J connectivity index is 2.08. The third kappa shape index (κ3) is 2.55. The topological polar surface area (TPSA) is 32.3 Å². The van der Waals surface area contributed by atoms with Crippen LogP contribution in [-0.2, 0) is 4.79 Å². The van der Waals surface area contributed by atoms with Crippen LogP contribution in [0.1, 0.15) is 13.3 Å². The van der Waals surface area contributed by atoms with Gasteiger partial charge in [-0.2, -0.15) is 0 Å². The van der Waals surface area contributed by atoms with Crippen molar-refractivity contribution in [2.24, 2.45) is 5.92 Å². The fourth-order valence-corrected chi connectivity index (χ4v) is 2.77. The van der Waals surface area contributed by atoms with Crippen molar-refractivity contribution in [3.63, 3.8) is 0 Å². The van der Waals surface area contributed by atoms with Gasteiger partial charge in [-0.05, 0) is 16.8 Å². The van der Waals surface area contributed by atoms with Crippen LogP contribution in [0.5, 0.6) is 0 Å². The van der Waals surface area contributed by atoms with E-state index >= 15 is 0 Å². The zero-order valence-corrected chi connectivity index (χ0v) is 11.1. The van der Waals surface area contributed by atoms with Crippen LogP contribution in [0.4, 0.5) is 0 Å². The largest absolute Gasteiger partial charge is 0.336 e. The monoisotopic (exact) mass is 284 g/mol. The number of hydrogen-bond donors (Lipinski definition) is 1. The molecule has 2 aliphatic rings. The normalized spacial score (nSPS) is 26.1. The molecule has 88 valence electrons. The molecule has 1 heterocycles. The van der Waals surface area contributed by atoms with E-state index in [4.69, 9.17) is 0 Å². The number of piperazine rings is 1. The summed E-state index contributed by atoms with van der Waals surface area (Å²) in [6, 6.07) is 0. The highest BCUT2D eigenvalue weighted by Gasteiger charge is 2.25. The molecule has 1 aliphatic heterocycles. The molecule has 0 saturated carbocycles. The number of halogens is 1. The molecule has 4 heteroatoms. The van der Waals surface area contributed by atoms with Crippen molar-refractivity contribution >= 4 is 21.8 Å². The molecule has 1 unspecified atom stereocenters. The molecule has 0 aromatic carbocycles. The Morgan fingerprint density at radius 3 is 2.75 bits per heavy atom. The SMILES string of the molecule is CC1CC(Br)=CC=C1C(=O)N1CCNCC1. The minimum absolute atomic E-state index is 0.213. The lowest BCUT2D eigenvalue weighted by atomic mass is 9.92. The molecule has 2 rings (SSSR count). The Bertz CT molecular complexity index is 343. The molecule has 1 aliphatic carbocycles. The third-order valence-corrected chi connectivity index (χ3v) is 3.72. The first-order valence-corrected chi connectivity index (χ1v) is 6.54. The Kier molecular flexibility index (Phi) is 3.82. The van der Waals surface area contributed by atoms with Crippen LogP contribution < -0.4 is 5.32 Å². The van der Waals surface area contributed by atoms with E-state index in [2.05, 4.69) is 28.2 Å². The number of rotatable bonds is 1. The highest BCUT2D eigenvalue weighted by atomic mass is 79.9. The van der Waals surface area contributed by atoms with Crippen molar-refractivity contribution in [1.82, 2.24) is 10.2 Å². The summed E-state index contributed by atoms with van der Waals surface area (Å²) in [6.45, 7) is 5.58. The van der Waals surface area contributed by atoms with Gasteiger partial charge in [-0.25, -0.2) is 0 Å². The average molecular weight is 285 g/mol. The molecule has 0 spiro atoms. The summed E-state index contributed by atoms with van der Waals surface area (Å²) in [5, 5.41) is 3.26. The summed E-state index contributed by atoms with van der Waals surface area (Å²) in [5.41, 5.74) is 0.949. The van der Waals surface area contributed by atoms with Gasteiger partial charge in [-0.3, -0.25) is 4.79 Å². The number of nitrogens with zero attached hydrogens (tertiary/aromatic N) is 1. The van der Waals surface area contributed by atoms with Crippen molar-refractivity contribution in [2.75, 3.05) is 26.2 Å². The summed E-state index contributed by atoms with van der Waals surface area (Å²) in [5.74, 6) is 0.534. The van der Waals surface area contributed by atoms with Gasteiger partial charge < -0.3 is 10.2 Å². The second-order valence-electron chi connectivity index (χ2n) is 4.38. The molecule has 0 aromatic rings. The van der Waals surface area contributed by atoms with Crippen LogP contribution in [0.25, 0.3) is 0 Å². The summed E-state index contributed by atoms with van der Waals surface area (Å²) in [6.07, 6.45) is 4.89. The van der Waals surface area contributed by atoms with E-state index in [9.17, 15) is 4.79 Å². The molecule has 16 heavy (non-hydrogen) atoms. The van der Waals surface area contributed by atoms with E-state index in [0.717, 1.165) is 38.2 Å². The Labute approximate surface area is 105 Å². The van der Waals surface area contributed by atoms with Crippen molar-refractivity contribution in [3.05, 3.63) is 22.2 Å². The van der Waals surface area contributed by atoms with Gasteiger partial charge in [0, 0.05) is 31.8 Å². The van der Waals surface area contributed by atoms with Gasteiger partial charge >= 0.3 is 0 Å². The maximum atomic E-state index is 12.3. The van der Waals surface area contributed by atoms with E-state index in [0.29, 0.717) is 5.92 Å². The summed E-state index contributed by atoms with van der Waals surface area (Å²) in [4.78, 5) is 14.2. The summed E-state index contributed by atoms with van der Waals surface area (Å²) in [7, 11) is 0. The van der Waals surface area contributed by atoms with Crippen LogP contribution >= 0.6 is 15.9 Å². The lowest BCUT2D eigenvalue weighted by Gasteiger charge is -2.30. The van der Waals surface area contributed by atoms with E-state index in [1.165, 1.54) is 4.48 Å². The number of allylic oxidation sites excluding steroid dienone is 3. The van der Waals surface area contributed by atoms with Crippen LogP contribution in [0.3, 0.4) is 0 Å².